The summed E-state index contributed by atoms with van der Waals surface area (Å²) in [6.07, 6.45) is 0. The first-order chi connectivity index (χ1) is 9.58. The van der Waals surface area contributed by atoms with Crippen molar-refractivity contribution in [1.82, 2.24) is 0 Å². The fourth-order valence-corrected chi connectivity index (χ4v) is 1.55. The normalized spacial score (nSPS) is 10.4. The summed E-state index contributed by atoms with van der Waals surface area (Å²) in [7, 11) is 0. The summed E-state index contributed by atoms with van der Waals surface area (Å²) >= 11 is 0. The minimum Gasteiger partial charge on any atom is -0.492 e. The largest absolute Gasteiger partial charge is 0.492 e. The highest BCUT2D eigenvalue weighted by molar-refractivity contribution is 5.45. The molecule has 0 saturated heterocycles. The molecule has 1 N–H and O–H groups in total. The predicted octanol–water partition coefficient (Wildman–Crippen LogP) is 3.73. The van der Waals surface area contributed by atoms with Crippen LogP contribution in [0.15, 0.2) is 36.4 Å². The van der Waals surface area contributed by atoms with Crippen LogP contribution in [0.3, 0.4) is 0 Å². The Labute approximate surface area is 113 Å². The number of hydrogen-bond donors (Lipinski definition) is 1. The summed E-state index contributed by atoms with van der Waals surface area (Å²) in [6, 6.07) is 7.34. The highest BCUT2D eigenvalue weighted by Crippen LogP contribution is 2.19. The molecule has 0 atom stereocenters. The number of halogens is 4. The van der Waals surface area contributed by atoms with Crippen molar-refractivity contribution < 1.29 is 22.3 Å². The molecular weight excluding hydrogens is 274 g/mol. The minimum atomic E-state index is -1.52. The molecule has 0 heterocycles. The molecule has 0 radical (unpaired) electrons. The summed E-state index contributed by atoms with van der Waals surface area (Å²) in [5.74, 6) is -3.95. The second-order valence-electron chi connectivity index (χ2n) is 3.95. The third-order valence-corrected chi connectivity index (χ3v) is 2.54. The summed E-state index contributed by atoms with van der Waals surface area (Å²) in [5, 5.41) is 2.58. The fraction of sp³-hybridized carbons (Fsp3) is 0.143. The van der Waals surface area contributed by atoms with E-state index >= 15 is 0 Å². The van der Waals surface area contributed by atoms with E-state index in [0.717, 1.165) is 12.1 Å². The van der Waals surface area contributed by atoms with Crippen LogP contribution in [0.25, 0.3) is 0 Å². The van der Waals surface area contributed by atoms with Crippen molar-refractivity contribution in [2.75, 3.05) is 18.5 Å². The Kier molecular flexibility index (Phi) is 4.45. The van der Waals surface area contributed by atoms with E-state index in [1.165, 1.54) is 24.3 Å². The van der Waals surface area contributed by atoms with Crippen LogP contribution in [-0.2, 0) is 0 Å². The van der Waals surface area contributed by atoms with Gasteiger partial charge >= 0.3 is 0 Å². The van der Waals surface area contributed by atoms with Gasteiger partial charge in [0.15, 0.2) is 17.5 Å². The van der Waals surface area contributed by atoms with Gasteiger partial charge in [-0.25, -0.2) is 17.6 Å². The maximum absolute atomic E-state index is 13.3. The van der Waals surface area contributed by atoms with Crippen LogP contribution in [0.2, 0.25) is 0 Å². The number of anilines is 1. The van der Waals surface area contributed by atoms with E-state index in [4.69, 9.17) is 4.74 Å². The minimum absolute atomic E-state index is 0.147. The molecule has 0 saturated carbocycles. The summed E-state index contributed by atoms with van der Waals surface area (Å²) in [5.41, 5.74) is -0.147. The topological polar surface area (TPSA) is 21.3 Å². The lowest BCUT2D eigenvalue weighted by molar-refractivity contribution is 0.332. The Balaban J connectivity index is 1.84. The predicted molar refractivity (Wildman–Crippen MR) is 66.7 cm³/mol. The van der Waals surface area contributed by atoms with Gasteiger partial charge in [0.1, 0.15) is 18.2 Å². The standard InChI is InChI=1S/C14H11F4NO/c15-9-1-3-10(4-2-9)20-8-7-19-12-6-5-11(16)13(17)14(12)18/h1-6,19H,7-8H2. The zero-order chi connectivity index (χ0) is 14.5. The maximum Gasteiger partial charge on any atom is 0.196 e. The van der Waals surface area contributed by atoms with E-state index in [0.29, 0.717) is 5.75 Å². The van der Waals surface area contributed by atoms with Crippen molar-refractivity contribution in [3.8, 4) is 5.75 Å². The van der Waals surface area contributed by atoms with Crippen molar-refractivity contribution in [2.45, 2.75) is 0 Å². The van der Waals surface area contributed by atoms with Crippen molar-refractivity contribution in [3.63, 3.8) is 0 Å². The molecule has 0 spiro atoms. The zero-order valence-electron chi connectivity index (χ0n) is 10.3. The van der Waals surface area contributed by atoms with Crippen LogP contribution >= 0.6 is 0 Å². The van der Waals surface area contributed by atoms with E-state index < -0.39 is 17.5 Å². The summed E-state index contributed by atoms with van der Waals surface area (Å²) in [6.45, 7) is 0.337. The van der Waals surface area contributed by atoms with Crippen LogP contribution < -0.4 is 10.1 Å². The Morgan fingerprint density at radius 3 is 2.25 bits per heavy atom. The molecule has 0 unspecified atom stereocenters. The quantitative estimate of drug-likeness (QED) is 0.513. The van der Waals surface area contributed by atoms with Gasteiger partial charge in [0.25, 0.3) is 0 Å². The number of benzene rings is 2. The van der Waals surface area contributed by atoms with E-state index in [1.54, 1.807) is 0 Å². The molecule has 0 bridgehead atoms. The van der Waals surface area contributed by atoms with E-state index in [-0.39, 0.29) is 24.7 Å². The molecule has 2 aromatic rings. The molecule has 20 heavy (non-hydrogen) atoms. The number of hydrogen-bond acceptors (Lipinski definition) is 2. The van der Waals surface area contributed by atoms with Gasteiger partial charge in [-0.05, 0) is 36.4 Å². The lowest BCUT2D eigenvalue weighted by Gasteiger charge is -2.09. The SMILES string of the molecule is Fc1ccc(OCCNc2ccc(F)c(F)c2F)cc1. The number of rotatable bonds is 5. The van der Waals surface area contributed by atoms with Crippen molar-refractivity contribution in [1.29, 1.82) is 0 Å². The van der Waals surface area contributed by atoms with Crippen LogP contribution in [0.1, 0.15) is 0 Å². The Morgan fingerprint density at radius 2 is 1.55 bits per heavy atom. The van der Waals surface area contributed by atoms with Crippen LogP contribution in [0, 0.1) is 23.3 Å². The molecule has 0 aliphatic rings. The Hall–Kier alpha value is -2.24. The molecule has 2 rings (SSSR count). The van der Waals surface area contributed by atoms with Crippen LogP contribution in [0.5, 0.6) is 5.75 Å². The zero-order valence-corrected chi connectivity index (χ0v) is 10.3. The van der Waals surface area contributed by atoms with Gasteiger partial charge in [0.05, 0.1) is 5.69 Å². The average molecular weight is 285 g/mol. The third-order valence-electron chi connectivity index (χ3n) is 2.54. The Bertz CT molecular complexity index is 586. The van der Waals surface area contributed by atoms with Gasteiger partial charge in [-0.3, -0.25) is 0 Å². The molecule has 0 fully saturated rings. The molecule has 0 aliphatic heterocycles. The lowest BCUT2D eigenvalue weighted by atomic mass is 10.3. The monoisotopic (exact) mass is 285 g/mol. The molecule has 0 aromatic heterocycles. The van der Waals surface area contributed by atoms with Crippen LogP contribution in [-0.4, -0.2) is 13.2 Å². The fourth-order valence-electron chi connectivity index (χ4n) is 1.55. The molecule has 0 aliphatic carbocycles. The van der Waals surface area contributed by atoms with Crippen molar-refractivity contribution in [2.24, 2.45) is 0 Å². The van der Waals surface area contributed by atoms with Crippen molar-refractivity contribution in [3.05, 3.63) is 59.7 Å². The van der Waals surface area contributed by atoms with E-state index in [9.17, 15) is 17.6 Å². The van der Waals surface area contributed by atoms with Gasteiger partial charge in [0, 0.05) is 6.54 Å². The van der Waals surface area contributed by atoms with Gasteiger partial charge in [-0.1, -0.05) is 0 Å². The molecule has 0 amide bonds. The van der Waals surface area contributed by atoms with Crippen molar-refractivity contribution >= 4 is 5.69 Å². The first kappa shape index (κ1) is 14.2. The highest BCUT2D eigenvalue weighted by Gasteiger charge is 2.12. The summed E-state index contributed by atoms with van der Waals surface area (Å²) in [4.78, 5) is 0. The highest BCUT2D eigenvalue weighted by atomic mass is 19.2. The smallest absolute Gasteiger partial charge is 0.196 e. The molecule has 2 nitrogen and oxygen atoms in total. The first-order valence-corrected chi connectivity index (χ1v) is 5.83. The number of ether oxygens (including phenoxy) is 1. The number of nitrogens with one attached hydrogen (secondary N) is 1. The Morgan fingerprint density at radius 1 is 0.850 bits per heavy atom. The summed E-state index contributed by atoms with van der Waals surface area (Å²) < 4.78 is 56.8. The van der Waals surface area contributed by atoms with E-state index in [2.05, 4.69) is 5.32 Å². The first-order valence-electron chi connectivity index (χ1n) is 5.83. The van der Waals surface area contributed by atoms with Gasteiger partial charge in [-0.15, -0.1) is 0 Å². The molecule has 6 heteroatoms. The van der Waals surface area contributed by atoms with Gasteiger partial charge < -0.3 is 10.1 Å². The van der Waals surface area contributed by atoms with Crippen LogP contribution in [0.4, 0.5) is 23.2 Å². The second-order valence-corrected chi connectivity index (χ2v) is 3.95. The van der Waals surface area contributed by atoms with Gasteiger partial charge in [-0.2, -0.15) is 0 Å². The van der Waals surface area contributed by atoms with E-state index in [1.807, 2.05) is 0 Å². The van der Waals surface area contributed by atoms with Gasteiger partial charge in [0.2, 0.25) is 0 Å². The lowest BCUT2D eigenvalue weighted by Crippen LogP contribution is -2.13. The second kappa shape index (κ2) is 6.27. The average Bonchev–Trinajstić information content (AvgIpc) is 2.45. The molecule has 106 valence electrons. The maximum atomic E-state index is 13.3. The third kappa shape index (κ3) is 3.40. The molecule has 2 aromatic carbocycles. The molecular formula is C14H11F4NO.